The third-order valence-corrected chi connectivity index (χ3v) is 2.04. The first-order valence-electron chi connectivity index (χ1n) is 5.08. The number of hydrogen-bond donors (Lipinski definition) is 2. The number of aliphatic hydroxyl groups is 1. The van der Waals surface area contributed by atoms with Gasteiger partial charge in [0, 0.05) is 0 Å². The number of anilines is 1. The van der Waals surface area contributed by atoms with Crippen molar-refractivity contribution in [2.75, 3.05) is 5.32 Å². The monoisotopic (exact) mass is 258 g/mol. The number of amides is 1. The lowest BCUT2D eigenvalue weighted by atomic mass is 10.2. The van der Waals surface area contributed by atoms with E-state index in [0.717, 1.165) is 0 Å². The lowest BCUT2D eigenvalue weighted by molar-refractivity contribution is 0.0635. The SMILES string of the molecule is CC(C)(C)OC(=O)Nc1ccc(Cl)c(CO)n1. The molecule has 17 heavy (non-hydrogen) atoms. The molecular formula is C11H15ClN2O3. The Hall–Kier alpha value is -1.33. The first-order chi connectivity index (χ1) is 7.81. The number of halogens is 1. The van der Waals surface area contributed by atoms with Gasteiger partial charge in [-0.05, 0) is 32.9 Å². The van der Waals surface area contributed by atoms with Gasteiger partial charge in [-0.25, -0.2) is 9.78 Å². The molecule has 0 aliphatic carbocycles. The highest BCUT2D eigenvalue weighted by Gasteiger charge is 2.16. The molecule has 0 saturated carbocycles. The summed E-state index contributed by atoms with van der Waals surface area (Å²) in [5.41, 5.74) is -0.267. The molecule has 94 valence electrons. The Balaban J connectivity index is 2.72. The number of carbonyl (C=O) groups excluding carboxylic acids is 1. The molecule has 0 aliphatic rings. The van der Waals surface area contributed by atoms with E-state index in [9.17, 15) is 4.79 Å². The molecule has 1 aromatic heterocycles. The summed E-state index contributed by atoms with van der Waals surface area (Å²) in [7, 11) is 0. The van der Waals surface area contributed by atoms with E-state index in [1.54, 1.807) is 26.8 Å². The van der Waals surface area contributed by atoms with Crippen LogP contribution in [-0.4, -0.2) is 21.8 Å². The maximum Gasteiger partial charge on any atom is 0.413 e. The van der Waals surface area contributed by atoms with Crippen LogP contribution in [0.4, 0.5) is 10.6 Å². The van der Waals surface area contributed by atoms with Crippen LogP contribution in [0.1, 0.15) is 26.5 Å². The van der Waals surface area contributed by atoms with E-state index in [4.69, 9.17) is 21.4 Å². The Morgan fingerprint density at radius 1 is 1.53 bits per heavy atom. The van der Waals surface area contributed by atoms with Crippen LogP contribution < -0.4 is 5.32 Å². The summed E-state index contributed by atoms with van der Waals surface area (Å²) in [6.45, 7) is 5.01. The van der Waals surface area contributed by atoms with Crippen LogP contribution in [0.15, 0.2) is 12.1 Å². The Morgan fingerprint density at radius 2 is 2.18 bits per heavy atom. The number of hydrogen-bond acceptors (Lipinski definition) is 4. The van der Waals surface area contributed by atoms with Crippen molar-refractivity contribution >= 4 is 23.5 Å². The molecule has 1 rings (SSSR count). The molecule has 1 heterocycles. The van der Waals surface area contributed by atoms with E-state index in [1.807, 2.05) is 0 Å². The average molecular weight is 259 g/mol. The highest BCUT2D eigenvalue weighted by Crippen LogP contribution is 2.17. The number of aliphatic hydroxyl groups excluding tert-OH is 1. The largest absolute Gasteiger partial charge is 0.444 e. The van der Waals surface area contributed by atoms with Gasteiger partial charge in [-0.15, -0.1) is 0 Å². The van der Waals surface area contributed by atoms with Gasteiger partial charge in [0.25, 0.3) is 0 Å². The van der Waals surface area contributed by atoms with Crippen LogP contribution in [0.2, 0.25) is 5.02 Å². The number of nitrogens with one attached hydrogen (secondary N) is 1. The molecular weight excluding hydrogens is 244 g/mol. The van der Waals surface area contributed by atoms with E-state index in [2.05, 4.69) is 10.3 Å². The number of carbonyl (C=O) groups is 1. The zero-order chi connectivity index (χ0) is 13.1. The summed E-state index contributed by atoms with van der Waals surface area (Å²) in [5, 5.41) is 11.8. The third-order valence-electron chi connectivity index (χ3n) is 1.70. The van der Waals surface area contributed by atoms with Crippen molar-refractivity contribution in [3.63, 3.8) is 0 Å². The van der Waals surface area contributed by atoms with Crippen LogP contribution in [0.3, 0.4) is 0 Å². The second-order valence-corrected chi connectivity index (χ2v) is 4.82. The fourth-order valence-corrected chi connectivity index (χ4v) is 1.24. The second kappa shape index (κ2) is 5.33. The van der Waals surface area contributed by atoms with Crippen molar-refractivity contribution in [3.05, 3.63) is 22.8 Å². The fourth-order valence-electron chi connectivity index (χ4n) is 1.07. The Labute approximate surface area is 105 Å². The second-order valence-electron chi connectivity index (χ2n) is 4.41. The average Bonchev–Trinajstić information content (AvgIpc) is 2.18. The van der Waals surface area contributed by atoms with Crippen molar-refractivity contribution in [2.24, 2.45) is 0 Å². The molecule has 0 bridgehead atoms. The van der Waals surface area contributed by atoms with Crippen LogP contribution in [0, 0.1) is 0 Å². The van der Waals surface area contributed by atoms with Crippen molar-refractivity contribution in [1.29, 1.82) is 0 Å². The van der Waals surface area contributed by atoms with Gasteiger partial charge in [-0.3, -0.25) is 5.32 Å². The van der Waals surface area contributed by atoms with Gasteiger partial charge < -0.3 is 9.84 Å². The zero-order valence-corrected chi connectivity index (χ0v) is 10.7. The molecule has 0 saturated heterocycles. The molecule has 0 unspecified atom stereocenters. The van der Waals surface area contributed by atoms with Crippen LogP contribution in [-0.2, 0) is 11.3 Å². The Morgan fingerprint density at radius 3 is 2.71 bits per heavy atom. The third kappa shape index (κ3) is 4.58. The first kappa shape index (κ1) is 13.7. The molecule has 0 atom stereocenters. The maximum atomic E-state index is 11.4. The molecule has 1 amide bonds. The van der Waals surface area contributed by atoms with Crippen molar-refractivity contribution < 1.29 is 14.6 Å². The van der Waals surface area contributed by atoms with Gasteiger partial charge in [0.05, 0.1) is 17.3 Å². The van der Waals surface area contributed by atoms with E-state index < -0.39 is 11.7 Å². The zero-order valence-electron chi connectivity index (χ0n) is 9.95. The maximum absolute atomic E-state index is 11.4. The molecule has 0 radical (unpaired) electrons. The van der Waals surface area contributed by atoms with Gasteiger partial charge in [0.15, 0.2) is 0 Å². The van der Waals surface area contributed by atoms with Gasteiger partial charge in [0.1, 0.15) is 11.4 Å². The summed E-state index contributed by atoms with van der Waals surface area (Å²) < 4.78 is 5.06. The molecule has 2 N–H and O–H groups in total. The van der Waals surface area contributed by atoms with Crippen molar-refractivity contribution in [2.45, 2.75) is 33.0 Å². The molecule has 6 heteroatoms. The lowest BCUT2D eigenvalue weighted by Crippen LogP contribution is -2.27. The Kier molecular flexibility index (Phi) is 4.31. The minimum atomic E-state index is -0.601. The normalized spacial score (nSPS) is 11.1. The van der Waals surface area contributed by atoms with Gasteiger partial charge in [-0.1, -0.05) is 11.6 Å². The summed E-state index contributed by atoms with van der Waals surface area (Å²) in [6, 6.07) is 3.08. The van der Waals surface area contributed by atoms with E-state index in [1.165, 1.54) is 6.07 Å². The lowest BCUT2D eigenvalue weighted by Gasteiger charge is -2.19. The van der Waals surface area contributed by atoms with E-state index in [-0.39, 0.29) is 12.4 Å². The summed E-state index contributed by atoms with van der Waals surface area (Å²) in [5.74, 6) is 0.285. The summed E-state index contributed by atoms with van der Waals surface area (Å²) in [4.78, 5) is 15.4. The quantitative estimate of drug-likeness (QED) is 0.855. The smallest absolute Gasteiger partial charge is 0.413 e. The number of pyridine rings is 1. The highest BCUT2D eigenvalue weighted by molar-refractivity contribution is 6.31. The molecule has 0 fully saturated rings. The summed E-state index contributed by atoms with van der Waals surface area (Å²) in [6.07, 6.45) is -0.601. The van der Waals surface area contributed by atoms with Crippen LogP contribution >= 0.6 is 11.6 Å². The number of rotatable bonds is 2. The minimum Gasteiger partial charge on any atom is -0.444 e. The Bertz CT molecular complexity index is 416. The highest BCUT2D eigenvalue weighted by atomic mass is 35.5. The van der Waals surface area contributed by atoms with Gasteiger partial charge in [-0.2, -0.15) is 0 Å². The molecule has 5 nitrogen and oxygen atoms in total. The number of ether oxygens (including phenoxy) is 1. The fraction of sp³-hybridized carbons (Fsp3) is 0.455. The summed E-state index contributed by atoms with van der Waals surface area (Å²) >= 11 is 5.77. The predicted molar refractivity (Wildman–Crippen MR) is 65.0 cm³/mol. The van der Waals surface area contributed by atoms with Gasteiger partial charge in [0.2, 0.25) is 0 Å². The minimum absolute atomic E-state index is 0.285. The standard InChI is InChI=1S/C11H15ClN2O3/c1-11(2,3)17-10(16)14-9-5-4-7(12)8(6-15)13-9/h4-5,15H,6H2,1-3H3,(H,13,14,16). The predicted octanol–water partition coefficient (Wildman–Crippen LogP) is 2.57. The van der Waals surface area contributed by atoms with E-state index in [0.29, 0.717) is 10.7 Å². The van der Waals surface area contributed by atoms with Crippen molar-refractivity contribution in [3.8, 4) is 0 Å². The van der Waals surface area contributed by atoms with Crippen LogP contribution in [0.25, 0.3) is 0 Å². The number of nitrogens with zero attached hydrogens (tertiary/aromatic N) is 1. The van der Waals surface area contributed by atoms with Crippen LogP contribution in [0.5, 0.6) is 0 Å². The van der Waals surface area contributed by atoms with E-state index >= 15 is 0 Å². The number of aromatic nitrogens is 1. The molecule has 0 spiro atoms. The van der Waals surface area contributed by atoms with Crippen molar-refractivity contribution in [1.82, 2.24) is 4.98 Å². The molecule has 0 aromatic carbocycles. The first-order valence-corrected chi connectivity index (χ1v) is 5.46. The topological polar surface area (TPSA) is 71.5 Å². The molecule has 1 aromatic rings. The molecule has 0 aliphatic heterocycles. The van der Waals surface area contributed by atoms with Gasteiger partial charge >= 0.3 is 6.09 Å².